The SMILES string of the molecule is Cc1cc(C(C)C)ccc1-c1cc(C)c(C(C)C)c[n+]1C. The predicted octanol–water partition coefficient (Wildman–Crippen LogP) is 5.04. The fraction of sp³-hybridized carbons (Fsp3) is 0.450. The predicted molar refractivity (Wildman–Crippen MR) is 90.7 cm³/mol. The van der Waals surface area contributed by atoms with E-state index in [1.165, 1.54) is 33.5 Å². The van der Waals surface area contributed by atoms with Crippen LogP contribution in [0, 0.1) is 13.8 Å². The molecule has 1 heterocycles. The highest BCUT2D eigenvalue weighted by molar-refractivity contribution is 5.62. The zero-order valence-electron chi connectivity index (χ0n) is 14.5. The van der Waals surface area contributed by atoms with Gasteiger partial charge in [-0.25, -0.2) is 4.57 Å². The van der Waals surface area contributed by atoms with E-state index in [2.05, 4.69) is 83.6 Å². The molecule has 0 saturated heterocycles. The van der Waals surface area contributed by atoms with Crippen molar-refractivity contribution in [3.05, 3.63) is 52.7 Å². The van der Waals surface area contributed by atoms with Crippen LogP contribution < -0.4 is 4.57 Å². The number of aromatic nitrogens is 1. The van der Waals surface area contributed by atoms with Crippen molar-refractivity contribution in [2.75, 3.05) is 0 Å². The number of pyridine rings is 1. The first-order chi connectivity index (χ1) is 9.81. The molecule has 0 unspecified atom stereocenters. The summed E-state index contributed by atoms with van der Waals surface area (Å²) in [6.07, 6.45) is 2.28. The van der Waals surface area contributed by atoms with E-state index in [0.717, 1.165) is 0 Å². The smallest absolute Gasteiger partial charge is 0.201 e. The minimum absolute atomic E-state index is 0.565. The van der Waals surface area contributed by atoms with Crippen LogP contribution in [-0.4, -0.2) is 0 Å². The molecule has 0 saturated carbocycles. The molecule has 0 N–H and O–H groups in total. The van der Waals surface area contributed by atoms with Gasteiger partial charge >= 0.3 is 0 Å². The Balaban J connectivity index is 2.55. The van der Waals surface area contributed by atoms with Crippen LogP contribution in [0.2, 0.25) is 0 Å². The lowest BCUT2D eigenvalue weighted by atomic mass is 9.94. The summed E-state index contributed by atoms with van der Waals surface area (Å²) in [6.45, 7) is 13.4. The standard InChI is InChI=1S/C20H28N/c1-13(2)17-8-9-18(15(5)10-17)20-11-16(6)19(14(3)4)12-21(20)7/h8-14H,1-7H3/q+1. The summed E-state index contributed by atoms with van der Waals surface area (Å²) in [4.78, 5) is 0. The number of hydrogen-bond donors (Lipinski definition) is 0. The highest BCUT2D eigenvalue weighted by Gasteiger charge is 2.17. The average Bonchev–Trinajstić information content (AvgIpc) is 2.40. The normalized spacial score (nSPS) is 11.5. The molecule has 1 aromatic carbocycles. The first-order valence-corrected chi connectivity index (χ1v) is 7.92. The van der Waals surface area contributed by atoms with Gasteiger partial charge in [0.2, 0.25) is 5.69 Å². The second-order valence-corrected chi connectivity index (χ2v) is 6.79. The molecule has 1 aromatic heterocycles. The zero-order chi connectivity index (χ0) is 15.7. The van der Waals surface area contributed by atoms with E-state index in [0.29, 0.717) is 11.8 Å². The number of rotatable bonds is 3. The minimum Gasteiger partial charge on any atom is -0.201 e. The molecular weight excluding hydrogens is 254 g/mol. The molecule has 112 valence electrons. The van der Waals surface area contributed by atoms with Gasteiger partial charge in [0.25, 0.3) is 0 Å². The third-order valence-corrected chi connectivity index (χ3v) is 4.34. The van der Waals surface area contributed by atoms with Gasteiger partial charge in [0, 0.05) is 17.2 Å². The maximum atomic E-state index is 2.33. The van der Waals surface area contributed by atoms with Crippen molar-refractivity contribution in [1.29, 1.82) is 0 Å². The third-order valence-electron chi connectivity index (χ3n) is 4.34. The van der Waals surface area contributed by atoms with Crippen molar-refractivity contribution in [2.45, 2.75) is 53.4 Å². The molecule has 0 aliphatic heterocycles. The molecular formula is C20H28N+. The molecule has 1 heteroatoms. The summed E-state index contributed by atoms with van der Waals surface area (Å²) in [5.41, 5.74) is 8.20. The molecule has 0 amide bonds. The van der Waals surface area contributed by atoms with E-state index in [4.69, 9.17) is 0 Å². The Morgan fingerprint density at radius 3 is 2.05 bits per heavy atom. The van der Waals surface area contributed by atoms with Crippen molar-refractivity contribution in [1.82, 2.24) is 0 Å². The Hall–Kier alpha value is -1.63. The van der Waals surface area contributed by atoms with Crippen LogP contribution in [0.15, 0.2) is 30.5 Å². The molecule has 0 spiro atoms. The van der Waals surface area contributed by atoms with Gasteiger partial charge in [0.15, 0.2) is 6.20 Å². The molecule has 1 nitrogen and oxygen atoms in total. The van der Waals surface area contributed by atoms with Crippen LogP contribution in [-0.2, 0) is 7.05 Å². The topological polar surface area (TPSA) is 3.88 Å². The minimum atomic E-state index is 0.565. The van der Waals surface area contributed by atoms with E-state index in [-0.39, 0.29) is 0 Å². The number of hydrogen-bond acceptors (Lipinski definition) is 0. The van der Waals surface area contributed by atoms with Gasteiger partial charge in [0.05, 0.1) is 0 Å². The van der Waals surface area contributed by atoms with Crippen molar-refractivity contribution in [3.8, 4) is 11.3 Å². The van der Waals surface area contributed by atoms with E-state index in [9.17, 15) is 0 Å². The van der Waals surface area contributed by atoms with Crippen LogP contribution in [0.5, 0.6) is 0 Å². The quantitative estimate of drug-likeness (QED) is 0.694. The van der Waals surface area contributed by atoms with Crippen molar-refractivity contribution < 1.29 is 4.57 Å². The molecule has 2 rings (SSSR count). The number of benzene rings is 1. The Bertz CT molecular complexity index is 651. The molecule has 0 bridgehead atoms. The lowest BCUT2D eigenvalue weighted by Crippen LogP contribution is -2.32. The first-order valence-electron chi connectivity index (χ1n) is 7.92. The molecule has 0 aliphatic rings. The Kier molecular flexibility index (Phi) is 4.51. The van der Waals surface area contributed by atoms with Gasteiger partial charge < -0.3 is 0 Å². The second kappa shape index (κ2) is 6.01. The van der Waals surface area contributed by atoms with Crippen LogP contribution in [0.3, 0.4) is 0 Å². The number of nitrogens with zero attached hydrogens (tertiary/aromatic N) is 1. The average molecular weight is 282 g/mol. The summed E-state index contributed by atoms with van der Waals surface area (Å²) in [6, 6.07) is 9.19. The van der Waals surface area contributed by atoms with Crippen LogP contribution in [0.25, 0.3) is 11.3 Å². The van der Waals surface area contributed by atoms with Gasteiger partial charge in [-0.15, -0.1) is 0 Å². The third kappa shape index (κ3) is 3.18. The fourth-order valence-electron chi connectivity index (χ4n) is 2.98. The Morgan fingerprint density at radius 2 is 1.52 bits per heavy atom. The fourth-order valence-corrected chi connectivity index (χ4v) is 2.98. The summed E-state index contributed by atoms with van der Waals surface area (Å²) < 4.78 is 2.26. The maximum absolute atomic E-state index is 2.33. The van der Waals surface area contributed by atoms with E-state index >= 15 is 0 Å². The highest BCUT2D eigenvalue weighted by atomic mass is 14.9. The van der Waals surface area contributed by atoms with E-state index < -0.39 is 0 Å². The van der Waals surface area contributed by atoms with Crippen molar-refractivity contribution >= 4 is 0 Å². The van der Waals surface area contributed by atoms with Crippen LogP contribution in [0.1, 0.15) is 61.8 Å². The summed E-state index contributed by atoms with van der Waals surface area (Å²) in [7, 11) is 2.15. The Morgan fingerprint density at radius 1 is 0.857 bits per heavy atom. The summed E-state index contributed by atoms with van der Waals surface area (Å²) in [5, 5.41) is 0. The number of aryl methyl sites for hydroxylation is 3. The second-order valence-electron chi connectivity index (χ2n) is 6.79. The first kappa shape index (κ1) is 15.8. The zero-order valence-corrected chi connectivity index (χ0v) is 14.5. The van der Waals surface area contributed by atoms with Gasteiger partial charge in [0.1, 0.15) is 7.05 Å². The van der Waals surface area contributed by atoms with Crippen molar-refractivity contribution in [3.63, 3.8) is 0 Å². The summed E-state index contributed by atoms with van der Waals surface area (Å²) in [5.74, 6) is 1.14. The molecule has 0 aliphatic carbocycles. The molecule has 21 heavy (non-hydrogen) atoms. The largest absolute Gasteiger partial charge is 0.212 e. The van der Waals surface area contributed by atoms with Crippen LogP contribution in [0.4, 0.5) is 0 Å². The van der Waals surface area contributed by atoms with Gasteiger partial charge in [-0.1, -0.05) is 39.8 Å². The van der Waals surface area contributed by atoms with Gasteiger partial charge in [-0.3, -0.25) is 0 Å². The van der Waals surface area contributed by atoms with Gasteiger partial charge in [-0.05, 0) is 48.4 Å². The molecule has 2 aromatic rings. The lowest BCUT2D eigenvalue weighted by molar-refractivity contribution is -0.660. The molecule has 0 radical (unpaired) electrons. The maximum Gasteiger partial charge on any atom is 0.212 e. The monoisotopic (exact) mass is 282 g/mol. The van der Waals surface area contributed by atoms with Crippen molar-refractivity contribution in [2.24, 2.45) is 7.05 Å². The lowest BCUT2D eigenvalue weighted by Gasteiger charge is -2.13. The van der Waals surface area contributed by atoms with Gasteiger partial charge in [-0.2, -0.15) is 0 Å². The van der Waals surface area contributed by atoms with Crippen LogP contribution >= 0.6 is 0 Å². The summed E-state index contributed by atoms with van der Waals surface area (Å²) >= 11 is 0. The Labute approximate surface area is 129 Å². The van der Waals surface area contributed by atoms with E-state index in [1.54, 1.807) is 0 Å². The van der Waals surface area contributed by atoms with E-state index in [1.807, 2.05) is 0 Å². The highest BCUT2D eigenvalue weighted by Crippen LogP contribution is 2.27. The molecule has 0 fully saturated rings. The molecule has 0 atom stereocenters.